The van der Waals surface area contributed by atoms with E-state index in [2.05, 4.69) is 0 Å². The molecule has 0 saturated heterocycles. The standard InChI is InChI=1S/C13H12ClN3O2/c1-10-7-12(17(18)19)4-3-11(10)8-13(14,9-16)5-2-6-15/h3-4,7H,2,5,8H2,1H3. The lowest BCUT2D eigenvalue weighted by atomic mass is 9.93. The van der Waals surface area contributed by atoms with Crippen LogP contribution in [0.2, 0.25) is 0 Å². The molecule has 6 heteroatoms. The van der Waals surface area contributed by atoms with Gasteiger partial charge < -0.3 is 0 Å². The molecule has 5 nitrogen and oxygen atoms in total. The highest BCUT2D eigenvalue weighted by Gasteiger charge is 2.28. The Balaban J connectivity index is 2.96. The van der Waals surface area contributed by atoms with Gasteiger partial charge in [0.05, 0.1) is 17.1 Å². The molecule has 0 aliphatic heterocycles. The smallest absolute Gasteiger partial charge is 0.258 e. The van der Waals surface area contributed by atoms with Gasteiger partial charge in [-0.25, -0.2) is 0 Å². The Kier molecular flexibility index (Phi) is 4.86. The van der Waals surface area contributed by atoms with Crippen LogP contribution in [0.5, 0.6) is 0 Å². The van der Waals surface area contributed by atoms with Crippen LogP contribution in [0.4, 0.5) is 5.69 Å². The number of nitro benzene ring substituents is 1. The highest BCUT2D eigenvalue weighted by atomic mass is 35.5. The van der Waals surface area contributed by atoms with Crippen molar-refractivity contribution in [3.63, 3.8) is 0 Å². The van der Waals surface area contributed by atoms with E-state index in [1.54, 1.807) is 13.0 Å². The molecule has 0 amide bonds. The van der Waals surface area contributed by atoms with Gasteiger partial charge in [-0.3, -0.25) is 10.1 Å². The fourth-order valence-electron chi connectivity index (χ4n) is 1.73. The van der Waals surface area contributed by atoms with Gasteiger partial charge in [-0.1, -0.05) is 6.07 Å². The Morgan fingerprint density at radius 2 is 2.16 bits per heavy atom. The largest absolute Gasteiger partial charge is 0.269 e. The number of nitro groups is 1. The maximum absolute atomic E-state index is 10.6. The Morgan fingerprint density at radius 3 is 2.63 bits per heavy atom. The summed E-state index contributed by atoms with van der Waals surface area (Å²) in [6.45, 7) is 1.74. The van der Waals surface area contributed by atoms with E-state index in [-0.39, 0.29) is 24.9 Å². The van der Waals surface area contributed by atoms with Crippen LogP contribution in [0.3, 0.4) is 0 Å². The molecular formula is C13H12ClN3O2. The van der Waals surface area contributed by atoms with Crippen LogP contribution in [0.25, 0.3) is 0 Å². The summed E-state index contributed by atoms with van der Waals surface area (Å²) < 4.78 is 0. The van der Waals surface area contributed by atoms with E-state index in [1.807, 2.05) is 12.1 Å². The molecule has 1 rings (SSSR count). The Hall–Kier alpha value is -2.11. The van der Waals surface area contributed by atoms with Gasteiger partial charge in [-0.15, -0.1) is 11.6 Å². The summed E-state index contributed by atoms with van der Waals surface area (Å²) >= 11 is 6.17. The Bertz CT molecular complexity index is 574. The second-order valence-electron chi connectivity index (χ2n) is 4.28. The van der Waals surface area contributed by atoms with Gasteiger partial charge in [0.25, 0.3) is 5.69 Å². The van der Waals surface area contributed by atoms with Crippen molar-refractivity contribution < 1.29 is 4.92 Å². The third-order valence-electron chi connectivity index (χ3n) is 2.84. The molecule has 0 spiro atoms. The second-order valence-corrected chi connectivity index (χ2v) is 5.00. The zero-order chi connectivity index (χ0) is 14.5. The summed E-state index contributed by atoms with van der Waals surface area (Å²) in [5.74, 6) is 0. The maximum Gasteiger partial charge on any atom is 0.269 e. The Labute approximate surface area is 116 Å². The van der Waals surface area contributed by atoms with Crippen LogP contribution in [0.15, 0.2) is 18.2 Å². The van der Waals surface area contributed by atoms with Gasteiger partial charge in [0.15, 0.2) is 0 Å². The fraction of sp³-hybridized carbons (Fsp3) is 0.385. The average molecular weight is 278 g/mol. The monoisotopic (exact) mass is 277 g/mol. The lowest BCUT2D eigenvalue weighted by Crippen LogP contribution is -2.22. The summed E-state index contributed by atoms with van der Waals surface area (Å²) in [5, 5.41) is 28.3. The Morgan fingerprint density at radius 1 is 1.47 bits per heavy atom. The van der Waals surface area contributed by atoms with Crippen LogP contribution in [-0.2, 0) is 6.42 Å². The molecule has 1 aromatic carbocycles. The average Bonchev–Trinajstić information content (AvgIpc) is 2.38. The molecule has 0 bridgehead atoms. The zero-order valence-corrected chi connectivity index (χ0v) is 11.1. The maximum atomic E-state index is 10.6. The van der Waals surface area contributed by atoms with Crippen molar-refractivity contribution in [2.45, 2.75) is 31.1 Å². The quantitative estimate of drug-likeness (QED) is 0.469. The van der Waals surface area contributed by atoms with Crippen molar-refractivity contribution in [1.82, 2.24) is 0 Å². The van der Waals surface area contributed by atoms with Crippen LogP contribution < -0.4 is 0 Å². The summed E-state index contributed by atoms with van der Waals surface area (Å²) in [6, 6.07) is 8.41. The second kappa shape index (κ2) is 6.17. The summed E-state index contributed by atoms with van der Waals surface area (Å²) in [5.41, 5.74) is 1.50. The molecule has 0 fully saturated rings. The highest BCUT2D eigenvalue weighted by Crippen LogP contribution is 2.28. The minimum absolute atomic E-state index is 0.00963. The predicted octanol–water partition coefficient (Wildman–Crippen LogP) is 3.25. The van der Waals surface area contributed by atoms with Gasteiger partial charge in [0, 0.05) is 25.0 Å². The fourth-order valence-corrected chi connectivity index (χ4v) is 1.97. The lowest BCUT2D eigenvalue weighted by Gasteiger charge is -2.18. The van der Waals surface area contributed by atoms with E-state index >= 15 is 0 Å². The van der Waals surface area contributed by atoms with Crippen LogP contribution >= 0.6 is 11.6 Å². The van der Waals surface area contributed by atoms with Gasteiger partial charge in [0.2, 0.25) is 0 Å². The molecule has 0 N–H and O–H groups in total. The van der Waals surface area contributed by atoms with E-state index in [9.17, 15) is 10.1 Å². The van der Waals surface area contributed by atoms with Gasteiger partial charge in [0.1, 0.15) is 4.87 Å². The number of hydrogen-bond acceptors (Lipinski definition) is 4. The first-order chi connectivity index (χ1) is 8.91. The van der Waals surface area contributed by atoms with Crippen molar-refractivity contribution in [3.8, 4) is 12.1 Å². The molecule has 1 atom stereocenters. The molecule has 1 aromatic rings. The van der Waals surface area contributed by atoms with E-state index in [4.69, 9.17) is 22.1 Å². The molecule has 0 saturated carbocycles. The van der Waals surface area contributed by atoms with Gasteiger partial charge in [-0.2, -0.15) is 10.5 Å². The number of rotatable bonds is 5. The molecule has 98 valence electrons. The van der Waals surface area contributed by atoms with Gasteiger partial charge >= 0.3 is 0 Å². The predicted molar refractivity (Wildman–Crippen MR) is 70.6 cm³/mol. The first kappa shape index (κ1) is 14.9. The normalized spacial score (nSPS) is 13.1. The number of alkyl halides is 1. The first-order valence-electron chi connectivity index (χ1n) is 5.63. The molecule has 0 heterocycles. The van der Waals surface area contributed by atoms with Crippen molar-refractivity contribution in [2.75, 3.05) is 0 Å². The number of hydrogen-bond donors (Lipinski definition) is 0. The van der Waals surface area contributed by atoms with Crippen LogP contribution in [0.1, 0.15) is 24.0 Å². The van der Waals surface area contributed by atoms with Crippen molar-refractivity contribution in [2.24, 2.45) is 0 Å². The third-order valence-corrected chi connectivity index (χ3v) is 3.25. The van der Waals surface area contributed by atoms with Crippen molar-refractivity contribution in [1.29, 1.82) is 10.5 Å². The highest BCUT2D eigenvalue weighted by molar-refractivity contribution is 6.26. The van der Waals surface area contributed by atoms with Gasteiger partial charge in [-0.05, 0) is 24.5 Å². The van der Waals surface area contributed by atoms with Crippen molar-refractivity contribution in [3.05, 3.63) is 39.4 Å². The van der Waals surface area contributed by atoms with E-state index in [0.717, 1.165) is 5.56 Å². The van der Waals surface area contributed by atoms with Crippen molar-refractivity contribution >= 4 is 17.3 Å². The molecule has 0 aliphatic carbocycles. The van der Waals surface area contributed by atoms with E-state index in [1.165, 1.54) is 12.1 Å². The van der Waals surface area contributed by atoms with Crippen LogP contribution in [0, 0.1) is 39.7 Å². The first-order valence-corrected chi connectivity index (χ1v) is 6.01. The van der Waals surface area contributed by atoms with E-state index < -0.39 is 9.80 Å². The molecule has 1 unspecified atom stereocenters. The number of nitriles is 2. The number of aryl methyl sites for hydroxylation is 1. The lowest BCUT2D eigenvalue weighted by molar-refractivity contribution is -0.384. The molecule has 19 heavy (non-hydrogen) atoms. The molecule has 0 aromatic heterocycles. The zero-order valence-electron chi connectivity index (χ0n) is 10.4. The minimum atomic E-state index is -1.14. The number of non-ortho nitro benzene ring substituents is 1. The summed E-state index contributed by atoms with van der Waals surface area (Å²) in [6.07, 6.45) is 0.720. The molecular weight excluding hydrogens is 266 g/mol. The topological polar surface area (TPSA) is 90.7 Å². The van der Waals surface area contributed by atoms with Crippen LogP contribution in [-0.4, -0.2) is 9.80 Å². The summed E-state index contributed by atoms with van der Waals surface area (Å²) in [7, 11) is 0. The minimum Gasteiger partial charge on any atom is -0.258 e. The molecule has 0 aliphatic rings. The number of nitrogens with zero attached hydrogens (tertiary/aromatic N) is 3. The summed E-state index contributed by atoms with van der Waals surface area (Å²) in [4.78, 5) is 9.03. The third kappa shape index (κ3) is 3.94. The molecule has 0 radical (unpaired) electrons. The number of benzene rings is 1. The SMILES string of the molecule is Cc1cc([N+](=O)[O-])ccc1CC(Cl)(C#N)CCC#N. The number of halogens is 1. The van der Waals surface area contributed by atoms with E-state index in [0.29, 0.717) is 5.56 Å².